The number of pyridine rings is 1. The topological polar surface area (TPSA) is 34.4 Å². The average molecular weight is 261 g/mol. The van der Waals surface area contributed by atoms with Crippen LogP contribution in [0, 0.1) is 11.4 Å². The van der Waals surface area contributed by atoms with Gasteiger partial charge in [-0.25, -0.2) is 0 Å². The van der Waals surface area contributed by atoms with Crippen LogP contribution in [0.2, 0.25) is 0 Å². The molecule has 0 saturated heterocycles. The van der Waals surface area contributed by atoms with Gasteiger partial charge in [0.15, 0.2) is 5.75 Å². The molecular weight excluding hydrogens is 246 g/mol. The van der Waals surface area contributed by atoms with E-state index in [1.807, 2.05) is 48.9 Å². The van der Waals surface area contributed by atoms with Crippen molar-refractivity contribution in [3.05, 3.63) is 46.7 Å². The first-order valence-corrected chi connectivity index (χ1v) is 6.18. The Balaban J connectivity index is 2.43. The van der Waals surface area contributed by atoms with E-state index in [-0.39, 0.29) is 5.75 Å². The summed E-state index contributed by atoms with van der Waals surface area (Å²) in [6, 6.07) is 9.42. The maximum absolute atomic E-state index is 9.84. The molecule has 0 unspecified atom stereocenters. The van der Waals surface area contributed by atoms with Gasteiger partial charge in [0.25, 0.3) is 0 Å². The molecule has 1 heterocycles. The summed E-state index contributed by atoms with van der Waals surface area (Å²) < 4.78 is 7.75. The third-order valence-corrected chi connectivity index (χ3v) is 3.07. The van der Waals surface area contributed by atoms with Gasteiger partial charge in [0.1, 0.15) is 5.75 Å². The molecule has 94 valence electrons. The molecule has 0 spiro atoms. The fourth-order valence-corrected chi connectivity index (χ4v) is 1.98. The van der Waals surface area contributed by atoms with Crippen molar-refractivity contribution in [2.24, 2.45) is 0 Å². The molecular formula is C14H15NO2S. The van der Waals surface area contributed by atoms with Gasteiger partial charge in [0.2, 0.25) is 0 Å². The quantitative estimate of drug-likeness (QED) is 0.857. The Hall–Kier alpha value is -1.81. The molecule has 0 atom stereocenters. The molecule has 0 amide bonds. The minimum Gasteiger partial charge on any atom is -0.505 e. The maximum atomic E-state index is 9.84. The molecule has 2 rings (SSSR count). The van der Waals surface area contributed by atoms with Crippen molar-refractivity contribution < 1.29 is 9.84 Å². The molecule has 1 aromatic heterocycles. The molecule has 2 aromatic rings. The van der Waals surface area contributed by atoms with Crippen molar-refractivity contribution in [3.8, 4) is 17.2 Å². The Bertz CT molecular complexity index is 602. The Morgan fingerprint density at radius 2 is 1.89 bits per heavy atom. The molecule has 3 nitrogen and oxygen atoms in total. The van der Waals surface area contributed by atoms with Crippen molar-refractivity contribution in [1.82, 2.24) is 4.57 Å². The van der Waals surface area contributed by atoms with Crippen LogP contribution in [0.3, 0.4) is 0 Å². The molecule has 0 radical (unpaired) electrons. The van der Waals surface area contributed by atoms with Gasteiger partial charge < -0.3 is 14.4 Å². The van der Waals surface area contributed by atoms with Gasteiger partial charge in [-0.15, -0.1) is 0 Å². The smallest absolute Gasteiger partial charge is 0.153 e. The predicted octanol–water partition coefficient (Wildman–Crippen LogP) is 3.62. The summed E-state index contributed by atoms with van der Waals surface area (Å²) in [5.74, 6) is 0.991. The van der Waals surface area contributed by atoms with E-state index in [4.69, 9.17) is 17.0 Å². The molecule has 0 bridgehead atoms. The Labute approximate surface area is 111 Å². The summed E-state index contributed by atoms with van der Waals surface area (Å²) in [6.45, 7) is 4.44. The van der Waals surface area contributed by atoms with E-state index in [1.54, 1.807) is 6.07 Å². The molecule has 4 heteroatoms. The lowest BCUT2D eigenvalue weighted by Crippen LogP contribution is -2.00. The fraction of sp³-hybridized carbons (Fsp3) is 0.214. The highest BCUT2D eigenvalue weighted by atomic mass is 32.1. The van der Waals surface area contributed by atoms with Crippen LogP contribution in [-0.4, -0.2) is 16.3 Å². The van der Waals surface area contributed by atoms with Crippen LogP contribution < -0.4 is 4.74 Å². The molecule has 18 heavy (non-hydrogen) atoms. The number of ether oxygens (including phenoxy) is 1. The molecule has 0 aliphatic rings. The second-order valence-electron chi connectivity index (χ2n) is 3.91. The second kappa shape index (κ2) is 5.23. The van der Waals surface area contributed by atoms with Crippen LogP contribution in [0.25, 0.3) is 5.69 Å². The van der Waals surface area contributed by atoms with Crippen LogP contribution in [-0.2, 0) is 0 Å². The monoisotopic (exact) mass is 261 g/mol. The summed E-state index contributed by atoms with van der Waals surface area (Å²) in [4.78, 5) is 0. The van der Waals surface area contributed by atoms with E-state index in [9.17, 15) is 5.11 Å². The van der Waals surface area contributed by atoms with E-state index in [1.165, 1.54) is 0 Å². The third kappa shape index (κ3) is 2.38. The number of aromatic nitrogens is 1. The Kier molecular flexibility index (Phi) is 3.67. The number of benzene rings is 1. The van der Waals surface area contributed by atoms with Gasteiger partial charge in [-0.1, -0.05) is 12.2 Å². The Morgan fingerprint density at radius 3 is 2.50 bits per heavy atom. The lowest BCUT2D eigenvalue weighted by Gasteiger charge is -2.12. The third-order valence-electron chi connectivity index (χ3n) is 2.74. The molecule has 0 fully saturated rings. The van der Waals surface area contributed by atoms with E-state index < -0.39 is 0 Å². The van der Waals surface area contributed by atoms with Crippen molar-refractivity contribution in [3.63, 3.8) is 0 Å². The van der Waals surface area contributed by atoms with Crippen molar-refractivity contribution in [2.45, 2.75) is 13.8 Å². The first kappa shape index (κ1) is 12.6. The maximum Gasteiger partial charge on any atom is 0.153 e. The van der Waals surface area contributed by atoms with E-state index in [2.05, 4.69) is 0 Å². The van der Waals surface area contributed by atoms with Gasteiger partial charge in [-0.2, -0.15) is 0 Å². The first-order chi connectivity index (χ1) is 8.63. The highest BCUT2D eigenvalue weighted by Gasteiger charge is 2.04. The van der Waals surface area contributed by atoms with Crippen LogP contribution in [0.1, 0.15) is 12.6 Å². The van der Waals surface area contributed by atoms with Crippen molar-refractivity contribution in [2.75, 3.05) is 6.61 Å². The Morgan fingerprint density at radius 1 is 1.22 bits per heavy atom. The van der Waals surface area contributed by atoms with E-state index in [0.717, 1.165) is 17.1 Å². The van der Waals surface area contributed by atoms with Crippen LogP contribution in [0.5, 0.6) is 11.5 Å². The summed E-state index contributed by atoms with van der Waals surface area (Å²) in [7, 11) is 0. The van der Waals surface area contributed by atoms with Gasteiger partial charge in [-0.05, 0) is 44.2 Å². The molecule has 0 aliphatic carbocycles. The molecule has 1 aromatic carbocycles. The lowest BCUT2D eigenvalue weighted by atomic mass is 10.2. The minimum atomic E-state index is 0.154. The first-order valence-electron chi connectivity index (χ1n) is 5.78. The SMILES string of the molecule is CCOc1ccc(-n2ccc(=S)c(O)c2C)cc1. The number of aromatic hydroxyl groups is 1. The van der Waals surface area contributed by atoms with Crippen molar-refractivity contribution >= 4 is 12.2 Å². The zero-order valence-electron chi connectivity index (χ0n) is 10.4. The van der Waals surface area contributed by atoms with E-state index in [0.29, 0.717) is 11.1 Å². The second-order valence-corrected chi connectivity index (χ2v) is 4.35. The summed E-state index contributed by atoms with van der Waals surface area (Å²) >= 11 is 5.02. The zero-order valence-corrected chi connectivity index (χ0v) is 11.2. The normalized spacial score (nSPS) is 10.3. The van der Waals surface area contributed by atoms with Crippen LogP contribution in [0.4, 0.5) is 0 Å². The highest BCUT2D eigenvalue weighted by Crippen LogP contribution is 2.22. The minimum absolute atomic E-state index is 0.154. The van der Waals surface area contributed by atoms with Gasteiger partial charge >= 0.3 is 0 Å². The number of hydrogen-bond donors (Lipinski definition) is 1. The van der Waals surface area contributed by atoms with Gasteiger partial charge in [0.05, 0.1) is 16.8 Å². The standard InChI is InChI=1S/C14H15NO2S/c1-3-17-12-6-4-11(5-7-12)15-9-8-13(18)14(16)10(15)2/h4-9,16H,3H2,1-2H3. The molecule has 0 aliphatic heterocycles. The van der Waals surface area contributed by atoms with E-state index >= 15 is 0 Å². The van der Waals surface area contributed by atoms with Crippen molar-refractivity contribution in [1.29, 1.82) is 0 Å². The molecule has 0 saturated carbocycles. The number of rotatable bonds is 3. The fourth-order valence-electron chi connectivity index (χ4n) is 1.77. The highest BCUT2D eigenvalue weighted by molar-refractivity contribution is 7.71. The van der Waals surface area contributed by atoms with Crippen LogP contribution in [0.15, 0.2) is 36.5 Å². The summed E-state index contributed by atoms with van der Waals surface area (Å²) in [6.07, 6.45) is 1.85. The zero-order chi connectivity index (χ0) is 13.1. The molecule has 1 N–H and O–H groups in total. The summed E-state index contributed by atoms with van der Waals surface area (Å²) in [5, 5.41) is 9.84. The predicted molar refractivity (Wildman–Crippen MR) is 74.2 cm³/mol. The number of nitrogens with zero attached hydrogens (tertiary/aromatic N) is 1. The lowest BCUT2D eigenvalue weighted by molar-refractivity contribution is 0.340. The van der Waals surface area contributed by atoms with Crippen LogP contribution >= 0.6 is 12.2 Å². The summed E-state index contributed by atoms with van der Waals surface area (Å²) in [5.41, 5.74) is 1.69. The largest absolute Gasteiger partial charge is 0.505 e. The average Bonchev–Trinajstić information content (AvgIpc) is 2.38. The number of hydrogen-bond acceptors (Lipinski definition) is 3. The van der Waals surface area contributed by atoms with Gasteiger partial charge in [0, 0.05) is 11.9 Å². The van der Waals surface area contributed by atoms with Gasteiger partial charge in [-0.3, -0.25) is 0 Å².